The Morgan fingerprint density at radius 3 is 2.79 bits per heavy atom. The van der Waals surface area contributed by atoms with Gasteiger partial charge in [0.1, 0.15) is 0 Å². The molecule has 0 bridgehead atoms. The Morgan fingerprint density at radius 2 is 1.97 bits per heavy atom. The maximum atomic E-state index is 5.62. The molecule has 174 valence electrons. The molecule has 1 saturated heterocycles. The van der Waals surface area contributed by atoms with Crippen LogP contribution in [-0.4, -0.2) is 42.9 Å². The highest BCUT2D eigenvalue weighted by Gasteiger charge is 2.23. The summed E-state index contributed by atoms with van der Waals surface area (Å²) in [6.07, 6.45) is 16.3. The van der Waals surface area contributed by atoms with Gasteiger partial charge in [0.05, 0.1) is 11.7 Å². The molecule has 0 saturated carbocycles. The molecule has 5 rings (SSSR count). The van der Waals surface area contributed by atoms with Crippen molar-refractivity contribution in [1.29, 1.82) is 0 Å². The monoisotopic (exact) mass is 445 g/mol. The van der Waals surface area contributed by atoms with Crippen LogP contribution >= 0.6 is 0 Å². The third kappa shape index (κ3) is 5.84. The maximum Gasteiger partial charge on any atom is 0.231 e. The van der Waals surface area contributed by atoms with E-state index in [1.165, 1.54) is 69.3 Å². The molecule has 2 aliphatic heterocycles. The van der Waals surface area contributed by atoms with Gasteiger partial charge in [-0.1, -0.05) is 35.9 Å². The molecule has 2 aromatic rings. The van der Waals surface area contributed by atoms with E-state index in [2.05, 4.69) is 57.7 Å². The number of fused-ring (bicyclic) bond motifs is 1. The number of pyridine rings is 1. The first-order chi connectivity index (χ1) is 16.3. The number of hydrogen-bond donors (Lipinski definition) is 1. The van der Waals surface area contributed by atoms with Crippen molar-refractivity contribution in [2.45, 2.75) is 44.6 Å². The topological polar surface area (TPSA) is 46.6 Å². The minimum Gasteiger partial charge on any atom is -0.454 e. The number of hydrogen-bond acceptors (Lipinski definition) is 5. The van der Waals surface area contributed by atoms with Crippen molar-refractivity contribution >= 4 is 0 Å². The van der Waals surface area contributed by atoms with Gasteiger partial charge in [0, 0.05) is 6.20 Å². The fraction of sp³-hybridized carbons (Fsp3) is 0.464. The molecule has 1 aromatic heterocycles. The van der Waals surface area contributed by atoms with Crippen LogP contribution in [-0.2, 0) is 0 Å². The van der Waals surface area contributed by atoms with Crippen LogP contribution in [0.15, 0.2) is 66.4 Å². The normalized spacial score (nSPS) is 19.5. The van der Waals surface area contributed by atoms with Gasteiger partial charge in [-0.3, -0.25) is 4.98 Å². The summed E-state index contributed by atoms with van der Waals surface area (Å²) in [5.41, 5.74) is 3.74. The van der Waals surface area contributed by atoms with Crippen LogP contribution < -0.4 is 14.8 Å². The van der Waals surface area contributed by atoms with Gasteiger partial charge in [0.15, 0.2) is 11.5 Å². The highest BCUT2D eigenvalue weighted by atomic mass is 16.7. The molecule has 1 aromatic carbocycles. The van der Waals surface area contributed by atoms with E-state index >= 15 is 0 Å². The first kappa shape index (κ1) is 22.2. The van der Waals surface area contributed by atoms with Crippen molar-refractivity contribution in [2.24, 2.45) is 5.92 Å². The van der Waals surface area contributed by atoms with Gasteiger partial charge >= 0.3 is 0 Å². The summed E-state index contributed by atoms with van der Waals surface area (Å²) >= 11 is 0. The zero-order chi connectivity index (χ0) is 22.3. The van der Waals surface area contributed by atoms with Crippen LogP contribution in [0, 0.1) is 5.92 Å². The Morgan fingerprint density at radius 1 is 1.06 bits per heavy atom. The predicted octanol–water partition coefficient (Wildman–Crippen LogP) is 5.26. The van der Waals surface area contributed by atoms with Crippen molar-refractivity contribution in [2.75, 3.05) is 33.0 Å². The number of benzene rings is 1. The Balaban J connectivity index is 1.13. The van der Waals surface area contributed by atoms with Gasteiger partial charge in [-0.25, -0.2) is 0 Å². The summed E-state index contributed by atoms with van der Waals surface area (Å²) in [7, 11) is 0. The lowest BCUT2D eigenvalue weighted by atomic mass is 9.94. The van der Waals surface area contributed by atoms with Gasteiger partial charge < -0.3 is 19.7 Å². The van der Waals surface area contributed by atoms with Gasteiger partial charge in [-0.2, -0.15) is 0 Å². The highest BCUT2D eigenvalue weighted by molar-refractivity contribution is 5.46. The van der Waals surface area contributed by atoms with Gasteiger partial charge in [-0.15, -0.1) is 0 Å². The molecule has 1 N–H and O–H groups in total. The van der Waals surface area contributed by atoms with E-state index in [9.17, 15) is 0 Å². The summed E-state index contributed by atoms with van der Waals surface area (Å²) in [5, 5.41) is 3.82. The predicted molar refractivity (Wildman–Crippen MR) is 132 cm³/mol. The van der Waals surface area contributed by atoms with E-state index < -0.39 is 0 Å². The number of allylic oxidation sites excluding steroid dienone is 4. The Kier molecular flexibility index (Phi) is 7.39. The molecular weight excluding hydrogens is 410 g/mol. The van der Waals surface area contributed by atoms with Crippen molar-refractivity contribution in [3.63, 3.8) is 0 Å². The van der Waals surface area contributed by atoms with Crippen LogP contribution in [0.1, 0.15) is 55.8 Å². The van der Waals surface area contributed by atoms with Crippen molar-refractivity contribution in [3.05, 3.63) is 77.7 Å². The number of aromatic nitrogens is 1. The summed E-state index contributed by atoms with van der Waals surface area (Å²) in [6, 6.07) is 12.4. The van der Waals surface area contributed by atoms with Crippen LogP contribution in [0.3, 0.4) is 0 Å². The standard InChI is InChI=1S/C28H35N3O2/c1-2-7-22(8-3-1)9-6-16-31-17-13-23(14-18-31)20-30-28(25-10-4-5-15-29-25)24-11-12-26-27(19-24)33-21-32-26/h2,4-5,7-8,10-12,15,19,23,28,30H,1,3,6,9,13-14,16-18,20-21H2. The largest absolute Gasteiger partial charge is 0.454 e. The maximum absolute atomic E-state index is 5.62. The van der Waals surface area contributed by atoms with Crippen LogP contribution in [0.4, 0.5) is 0 Å². The van der Waals surface area contributed by atoms with Gasteiger partial charge in [0.25, 0.3) is 0 Å². The van der Waals surface area contributed by atoms with Crippen molar-refractivity contribution < 1.29 is 9.47 Å². The lowest BCUT2D eigenvalue weighted by Gasteiger charge is -2.33. The second-order valence-corrected chi connectivity index (χ2v) is 9.36. The summed E-state index contributed by atoms with van der Waals surface area (Å²) < 4.78 is 11.1. The van der Waals surface area contributed by atoms with Crippen LogP contribution in [0.2, 0.25) is 0 Å². The lowest BCUT2D eigenvalue weighted by Crippen LogP contribution is -2.38. The second kappa shape index (κ2) is 11.0. The molecule has 1 unspecified atom stereocenters. The molecular formula is C28H35N3O2. The Bertz CT molecular complexity index is 964. The first-order valence-electron chi connectivity index (χ1n) is 12.5. The zero-order valence-electron chi connectivity index (χ0n) is 19.4. The van der Waals surface area contributed by atoms with E-state index in [0.29, 0.717) is 12.7 Å². The zero-order valence-corrected chi connectivity index (χ0v) is 19.4. The van der Waals surface area contributed by atoms with Crippen molar-refractivity contribution in [1.82, 2.24) is 15.2 Å². The average Bonchev–Trinajstić information content (AvgIpc) is 3.35. The van der Waals surface area contributed by atoms with E-state index in [0.717, 1.165) is 23.7 Å². The molecule has 3 aliphatic rings. The third-order valence-electron chi connectivity index (χ3n) is 7.04. The highest BCUT2D eigenvalue weighted by Crippen LogP contribution is 2.35. The minimum absolute atomic E-state index is 0.0514. The van der Waals surface area contributed by atoms with Crippen LogP contribution in [0.25, 0.3) is 0 Å². The number of ether oxygens (including phenoxy) is 2. The number of nitrogens with zero attached hydrogens (tertiary/aromatic N) is 2. The first-order valence-corrected chi connectivity index (χ1v) is 12.5. The fourth-order valence-electron chi connectivity index (χ4n) is 5.09. The van der Waals surface area contributed by atoms with Crippen molar-refractivity contribution in [3.8, 4) is 11.5 Å². The van der Waals surface area contributed by atoms with E-state index in [4.69, 9.17) is 9.47 Å². The molecule has 5 nitrogen and oxygen atoms in total. The SMILES string of the molecule is C1=CC(CCCN2CCC(CNC(c3ccc4c(c3)OCO4)c3ccccn3)CC2)=CCC1. The van der Waals surface area contributed by atoms with Crippen LogP contribution in [0.5, 0.6) is 11.5 Å². The molecule has 0 spiro atoms. The smallest absolute Gasteiger partial charge is 0.231 e. The Hall–Kier alpha value is -2.63. The number of piperidine rings is 1. The molecule has 33 heavy (non-hydrogen) atoms. The molecule has 1 fully saturated rings. The minimum atomic E-state index is 0.0514. The number of likely N-dealkylation sites (tertiary alicyclic amines) is 1. The average molecular weight is 446 g/mol. The molecule has 0 radical (unpaired) electrons. The molecule has 3 heterocycles. The quantitative estimate of drug-likeness (QED) is 0.571. The molecule has 1 atom stereocenters. The Labute approximate surface area is 197 Å². The molecule has 5 heteroatoms. The second-order valence-electron chi connectivity index (χ2n) is 9.36. The molecule has 1 aliphatic carbocycles. The summed E-state index contributed by atoms with van der Waals surface area (Å²) in [6.45, 7) is 4.94. The number of nitrogens with one attached hydrogen (secondary N) is 1. The van der Waals surface area contributed by atoms with Gasteiger partial charge in [0.2, 0.25) is 6.79 Å². The summed E-state index contributed by atoms with van der Waals surface area (Å²) in [4.78, 5) is 7.30. The van der Waals surface area contributed by atoms with E-state index in [-0.39, 0.29) is 6.04 Å². The number of rotatable bonds is 9. The van der Waals surface area contributed by atoms with Gasteiger partial charge in [-0.05, 0) is 100 Å². The van der Waals surface area contributed by atoms with E-state index in [1.807, 2.05) is 18.3 Å². The fourth-order valence-corrected chi connectivity index (χ4v) is 5.09. The summed E-state index contributed by atoms with van der Waals surface area (Å²) in [5.74, 6) is 2.34. The third-order valence-corrected chi connectivity index (χ3v) is 7.04. The molecule has 0 amide bonds. The lowest BCUT2D eigenvalue weighted by molar-refractivity contribution is 0.174. The van der Waals surface area contributed by atoms with E-state index in [1.54, 1.807) is 0 Å².